The fourth-order valence-electron chi connectivity index (χ4n) is 2.25. The first kappa shape index (κ1) is 12.7. The summed E-state index contributed by atoms with van der Waals surface area (Å²) in [7, 11) is -3.77. The van der Waals surface area contributed by atoms with Crippen LogP contribution in [0.3, 0.4) is 0 Å². The largest absolute Gasteiger partial charge is 0.348 e. The van der Waals surface area contributed by atoms with Gasteiger partial charge in [-0.25, -0.2) is 13.6 Å². The van der Waals surface area contributed by atoms with Crippen LogP contribution in [0.25, 0.3) is 0 Å². The first-order valence-electron chi connectivity index (χ1n) is 6.50. The topological polar surface area (TPSA) is 94.2 Å². The molecular formula is C12H17N3O3S. The molecule has 1 amide bonds. The van der Waals surface area contributed by atoms with Crippen molar-refractivity contribution in [2.24, 2.45) is 5.14 Å². The van der Waals surface area contributed by atoms with E-state index in [-0.39, 0.29) is 22.9 Å². The van der Waals surface area contributed by atoms with E-state index in [0.717, 1.165) is 32.1 Å². The third kappa shape index (κ3) is 2.52. The van der Waals surface area contributed by atoms with Crippen molar-refractivity contribution in [3.8, 4) is 0 Å². The summed E-state index contributed by atoms with van der Waals surface area (Å²) in [5.41, 5.74) is 0.403. The van der Waals surface area contributed by atoms with Gasteiger partial charge in [-0.1, -0.05) is 0 Å². The Labute approximate surface area is 112 Å². The van der Waals surface area contributed by atoms with Crippen LogP contribution in [-0.2, 0) is 10.0 Å². The van der Waals surface area contributed by atoms with Gasteiger partial charge < -0.3 is 9.88 Å². The molecule has 0 unspecified atom stereocenters. The lowest BCUT2D eigenvalue weighted by molar-refractivity contribution is 0.0936. The first-order chi connectivity index (χ1) is 8.95. The van der Waals surface area contributed by atoms with E-state index in [4.69, 9.17) is 5.14 Å². The Kier molecular flexibility index (Phi) is 2.90. The van der Waals surface area contributed by atoms with Gasteiger partial charge in [0.2, 0.25) is 10.0 Å². The van der Waals surface area contributed by atoms with Crippen LogP contribution < -0.4 is 10.5 Å². The van der Waals surface area contributed by atoms with Gasteiger partial charge in [0.05, 0.1) is 0 Å². The maximum Gasteiger partial charge on any atom is 0.268 e. The molecule has 2 fully saturated rings. The molecule has 104 valence electrons. The molecule has 3 rings (SSSR count). The summed E-state index contributed by atoms with van der Waals surface area (Å²) < 4.78 is 24.6. The van der Waals surface area contributed by atoms with Gasteiger partial charge in [0, 0.05) is 18.3 Å². The predicted octanol–water partition coefficient (Wildman–Crippen LogP) is 0.753. The summed E-state index contributed by atoms with van der Waals surface area (Å²) in [4.78, 5) is 12.1. The Morgan fingerprint density at radius 1 is 1.32 bits per heavy atom. The van der Waals surface area contributed by atoms with E-state index in [1.165, 1.54) is 12.3 Å². The lowest BCUT2D eigenvalue weighted by Gasteiger charge is -2.28. The van der Waals surface area contributed by atoms with Crippen LogP contribution in [0.5, 0.6) is 0 Å². The van der Waals surface area contributed by atoms with E-state index in [1.54, 1.807) is 4.57 Å². The maximum atomic E-state index is 12.1. The number of nitrogens with zero attached hydrogens (tertiary/aromatic N) is 1. The summed E-state index contributed by atoms with van der Waals surface area (Å²) in [6, 6.07) is 1.84. The second kappa shape index (κ2) is 4.35. The number of nitrogens with one attached hydrogen (secondary N) is 1. The highest BCUT2D eigenvalue weighted by Crippen LogP contribution is 2.34. The fourth-order valence-corrected chi connectivity index (χ4v) is 2.78. The fraction of sp³-hybridized carbons (Fsp3) is 0.583. The van der Waals surface area contributed by atoms with Crippen LogP contribution in [0.2, 0.25) is 0 Å². The summed E-state index contributed by atoms with van der Waals surface area (Å²) in [5, 5.41) is 8.02. The molecule has 1 aromatic heterocycles. The van der Waals surface area contributed by atoms with Gasteiger partial charge in [-0.3, -0.25) is 4.79 Å². The monoisotopic (exact) mass is 283 g/mol. The average Bonchev–Trinajstić information content (AvgIpc) is 2.91. The predicted molar refractivity (Wildman–Crippen MR) is 69.2 cm³/mol. The zero-order chi connectivity index (χ0) is 13.6. The molecule has 19 heavy (non-hydrogen) atoms. The summed E-state index contributed by atoms with van der Waals surface area (Å²) in [6.45, 7) is 0. The van der Waals surface area contributed by atoms with Crippen molar-refractivity contribution < 1.29 is 13.2 Å². The van der Waals surface area contributed by atoms with E-state index in [9.17, 15) is 13.2 Å². The van der Waals surface area contributed by atoms with Gasteiger partial charge in [0.15, 0.2) is 0 Å². The Morgan fingerprint density at radius 3 is 2.47 bits per heavy atom. The smallest absolute Gasteiger partial charge is 0.268 e. The Balaban J connectivity index is 1.94. The van der Waals surface area contributed by atoms with Gasteiger partial charge in [0.1, 0.15) is 10.6 Å². The second-order valence-electron chi connectivity index (χ2n) is 5.35. The van der Waals surface area contributed by atoms with Crippen molar-refractivity contribution in [1.82, 2.24) is 9.88 Å². The third-order valence-corrected chi connectivity index (χ3v) is 4.65. The van der Waals surface area contributed by atoms with E-state index < -0.39 is 10.0 Å². The minimum absolute atomic E-state index is 0.0142. The number of primary sulfonamides is 1. The number of rotatable bonds is 4. The molecule has 0 aliphatic heterocycles. The van der Waals surface area contributed by atoms with Crippen molar-refractivity contribution in [2.45, 2.75) is 49.1 Å². The Hall–Kier alpha value is -1.34. The SMILES string of the molecule is NS(=O)(=O)c1cc(C(=O)NC2CC2)n(C2CCC2)c1. The molecule has 0 radical (unpaired) electrons. The molecule has 2 aliphatic rings. The average molecular weight is 283 g/mol. The zero-order valence-electron chi connectivity index (χ0n) is 10.5. The molecule has 2 aliphatic carbocycles. The van der Waals surface area contributed by atoms with Crippen LogP contribution in [0.15, 0.2) is 17.2 Å². The van der Waals surface area contributed by atoms with Crippen molar-refractivity contribution in [1.29, 1.82) is 0 Å². The van der Waals surface area contributed by atoms with E-state index in [1.807, 2.05) is 0 Å². The Bertz CT molecular complexity index is 612. The number of carbonyl (C=O) groups is 1. The molecule has 0 spiro atoms. The summed E-state index contributed by atoms with van der Waals surface area (Å²) >= 11 is 0. The summed E-state index contributed by atoms with van der Waals surface area (Å²) in [6.07, 6.45) is 6.54. The van der Waals surface area contributed by atoms with Gasteiger partial charge >= 0.3 is 0 Å². The second-order valence-corrected chi connectivity index (χ2v) is 6.91. The van der Waals surface area contributed by atoms with Gasteiger partial charge in [-0.05, 0) is 38.2 Å². The number of hydrogen-bond acceptors (Lipinski definition) is 3. The number of aromatic nitrogens is 1. The normalized spacial score (nSPS) is 20.1. The molecule has 1 aromatic rings. The number of hydrogen-bond donors (Lipinski definition) is 2. The lowest BCUT2D eigenvalue weighted by Crippen LogP contribution is -2.29. The molecule has 3 N–H and O–H groups in total. The van der Waals surface area contributed by atoms with Crippen molar-refractivity contribution in [3.63, 3.8) is 0 Å². The number of carbonyl (C=O) groups excluding carboxylic acids is 1. The number of nitrogens with two attached hydrogens (primary N) is 1. The minimum atomic E-state index is -3.77. The molecule has 1 heterocycles. The number of amides is 1. The standard InChI is InChI=1S/C12H17N3O3S/c13-19(17,18)10-6-11(12(16)14-8-4-5-8)15(7-10)9-2-1-3-9/h6-9H,1-5H2,(H,14,16)(H2,13,17,18). The molecule has 0 saturated heterocycles. The molecule has 0 bridgehead atoms. The maximum absolute atomic E-state index is 12.1. The van der Waals surface area contributed by atoms with Crippen molar-refractivity contribution in [3.05, 3.63) is 18.0 Å². The van der Waals surface area contributed by atoms with Crippen LogP contribution >= 0.6 is 0 Å². The van der Waals surface area contributed by atoms with E-state index in [2.05, 4.69) is 5.32 Å². The highest BCUT2D eigenvalue weighted by atomic mass is 32.2. The minimum Gasteiger partial charge on any atom is -0.348 e. The van der Waals surface area contributed by atoms with Crippen molar-refractivity contribution >= 4 is 15.9 Å². The van der Waals surface area contributed by atoms with Gasteiger partial charge in [-0.2, -0.15) is 0 Å². The van der Waals surface area contributed by atoms with Crippen LogP contribution in [0.4, 0.5) is 0 Å². The number of sulfonamides is 1. The third-order valence-electron chi connectivity index (χ3n) is 3.77. The highest BCUT2D eigenvalue weighted by molar-refractivity contribution is 7.89. The molecule has 0 aromatic carbocycles. The van der Waals surface area contributed by atoms with Gasteiger partial charge in [0.25, 0.3) is 5.91 Å². The summed E-state index contributed by atoms with van der Waals surface area (Å²) in [5.74, 6) is -0.204. The van der Waals surface area contributed by atoms with Gasteiger partial charge in [-0.15, -0.1) is 0 Å². The quantitative estimate of drug-likeness (QED) is 0.853. The molecule has 2 saturated carbocycles. The zero-order valence-corrected chi connectivity index (χ0v) is 11.3. The lowest BCUT2D eigenvalue weighted by atomic mass is 9.93. The molecule has 7 heteroatoms. The van der Waals surface area contributed by atoms with E-state index >= 15 is 0 Å². The highest BCUT2D eigenvalue weighted by Gasteiger charge is 2.29. The molecule has 0 atom stereocenters. The van der Waals surface area contributed by atoms with E-state index in [0.29, 0.717) is 5.69 Å². The van der Waals surface area contributed by atoms with Crippen LogP contribution in [-0.4, -0.2) is 24.9 Å². The van der Waals surface area contributed by atoms with Crippen molar-refractivity contribution in [2.75, 3.05) is 0 Å². The Morgan fingerprint density at radius 2 is 2.00 bits per heavy atom. The first-order valence-corrected chi connectivity index (χ1v) is 8.05. The molecule has 6 nitrogen and oxygen atoms in total. The van der Waals surface area contributed by atoms with Crippen LogP contribution in [0, 0.1) is 0 Å². The van der Waals surface area contributed by atoms with Crippen LogP contribution in [0.1, 0.15) is 48.6 Å². The molecular weight excluding hydrogens is 266 g/mol.